The van der Waals surface area contributed by atoms with Crippen LogP contribution in [0.15, 0.2) is 10.4 Å². The summed E-state index contributed by atoms with van der Waals surface area (Å²) in [5.41, 5.74) is 11.5. The van der Waals surface area contributed by atoms with E-state index in [1.54, 1.807) is 5.38 Å². The number of nitrogens with two attached hydrogens (primary N) is 3. The largest absolute Gasteiger partial charge is 0.522 e. The van der Waals surface area contributed by atoms with E-state index in [9.17, 15) is 27.6 Å². The summed E-state index contributed by atoms with van der Waals surface area (Å²) in [6.07, 6.45) is -0.00979. The second-order valence-corrected chi connectivity index (χ2v) is 8.65. The number of thiazole rings is 1. The van der Waals surface area contributed by atoms with Gasteiger partial charge in [0.2, 0.25) is 11.9 Å². The Balaban J connectivity index is 0.000000582. The maximum absolute atomic E-state index is 12.4. The predicted octanol–water partition coefficient (Wildman–Crippen LogP) is -1.63. The van der Waals surface area contributed by atoms with Crippen molar-refractivity contribution in [2.75, 3.05) is 13.6 Å². The number of nitrogens with one attached hydrogen (secondary N) is 2. The molecule has 19 heteroatoms. The zero-order valence-electron chi connectivity index (χ0n) is 16.9. The summed E-state index contributed by atoms with van der Waals surface area (Å²) in [6.45, 7) is 0.320. The van der Waals surface area contributed by atoms with Crippen molar-refractivity contribution in [2.45, 2.75) is 30.6 Å². The zero-order chi connectivity index (χ0) is 25.6. The average Bonchev–Trinajstić information content (AvgIpc) is 3.15. The van der Waals surface area contributed by atoms with Crippen LogP contribution in [0.2, 0.25) is 0 Å². The number of hydrogen-bond donors (Lipinski definition) is 6. The van der Waals surface area contributed by atoms with Crippen molar-refractivity contribution in [3.8, 4) is 0 Å². The Morgan fingerprint density at radius 3 is 2.45 bits per heavy atom. The highest BCUT2D eigenvalue weighted by atomic mass is 32.2. The number of alkyl halides is 3. The van der Waals surface area contributed by atoms with Gasteiger partial charge in [-0.3, -0.25) is 24.8 Å². The fourth-order valence-electron chi connectivity index (χ4n) is 2.19. The molecule has 1 unspecified atom stereocenters. The van der Waals surface area contributed by atoms with E-state index < -0.39 is 39.6 Å². The number of carbonyl (C=O) groups is 3. The molecule has 1 aliphatic heterocycles. The van der Waals surface area contributed by atoms with Gasteiger partial charge in [-0.1, -0.05) is 0 Å². The molecule has 0 saturated heterocycles. The monoisotopic (exact) mass is 518 g/mol. The molecule has 1 aromatic rings. The van der Waals surface area contributed by atoms with Crippen molar-refractivity contribution in [3.05, 3.63) is 16.1 Å². The van der Waals surface area contributed by atoms with Crippen molar-refractivity contribution < 1.29 is 40.5 Å². The van der Waals surface area contributed by atoms with Gasteiger partial charge in [-0.05, 0) is 0 Å². The first-order valence-corrected chi connectivity index (χ1v) is 11.0. The normalized spacial score (nSPS) is 17.1. The molecule has 0 fully saturated rings. The number of primary amides is 1. The lowest BCUT2D eigenvalue weighted by atomic mass is 10.1. The fourth-order valence-corrected chi connectivity index (χ4v) is 2.92. The number of nitrogens with zero attached hydrogens (tertiary/aromatic N) is 3. The number of hydrogen-bond acceptors (Lipinski definition) is 10. The number of aliphatic imine (C=N–C) groups is 1. The highest BCUT2D eigenvalue weighted by Gasteiger charge is 2.44. The van der Waals surface area contributed by atoms with Gasteiger partial charge in [-0.25, -0.2) is 14.8 Å². The van der Waals surface area contributed by atoms with Gasteiger partial charge in [-0.2, -0.15) is 21.6 Å². The minimum atomic E-state index is -5.84. The maximum atomic E-state index is 12.4. The van der Waals surface area contributed by atoms with E-state index in [0.717, 1.165) is 5.01 Å². The van der Waals surface area contributed by atoms with E-state index in [-0.39, 0.29) is 24.8 Å². The smallest absolute Gasteiger partial charge is 0.351 e. The van der Waals surface area contributed by atoms with Gasteiger partial charge < -0.3 is 22.1 Å². The average molecular weight is 519 g/mol. The van der Waals surface area contributed by atoms with E-state index in [2.05, 4.69) is 20.6 Å². The molecule has 1 aliphatic rings. The number of halogens is 3. The molecule has 0 spiro atoms. The number of aromatic nitrogens is 1. The van der Waals surface area contributed by atoms with Crippen LogP contribution < -0.4 is 27.8 Å². The molecule has 9 N–H and O–H groups in total. The first-order valence-electron chi connectivity index (χ1n) is 8.68. The van der Waals surface area contributed by atoms with Gasteiger partial charge in [0.1, 0.15) is 11.0 Å². The topological polar surface area (TPSA) is 236 Å². The molecule has 1 aromatic heterocycles. The number of urea groups is 1. The summed E-state index contributed by atoms with van der Waals surface area (Å²) >= 11 is 1.38. The number of likely N-dealkylation sites (N-methyl/N-ethyl adjacent to an activating group) is 1. The Bertz CT molecular complexity index is 1010. The lowest BCUT2D eigenvalue weighted by molar-refractivity contribution is -0.138. The number of guanidine groups is 1. The number of rotatable bonds is 5. The maximum Gasteiger partial charge on any atom is 0.522 e. The van der Waals surface area contributed by atoms with Crippen molar-refractivity contribution >= 4 is 45.3 Å². The molecule has 14 nitrogen and oxygen atoms in total. The van der Waals surface area contributed by atoms with Gasteiger partial charge in [-0.15, -0.1) is 11.3 Å². The van der Waals surface area contributed by atoms with Gasteiger partial charge in [0.05, 0.1) is 18.3 Å². The summed E-state index contributed by atoms with van der Waals surface area (Å²) in [5.74, 6) is -0.832. The van der Waals surface area contributed by atoms with E-state index >= 15 is 0 Å². The first kappa shape index (κ1) is 28.2. The molecule has 2 atom stereocenters. The van der Waals surface area contributed by atoms with Gasteiger partial charge in [0, 0.05) is 25.4 Å². The number of carbonyl (C=O) groups excluding carboxylic acids is 3. The second kappa shape index (κ2) is 11.3. The highest BCUT2D eigenvalue weighted by molar-refractivity contribution is 7.86. The quantitative estimate of drug-likeness (QED) is 0.193. The summed E-state index contributed by atoms with van der Waals surface area (Å²) in [6, 6.07) is -2.23. The van der Waals surface area contributed by atoms with Crippen LogP contribution in [0.25, 0.3) is 0 Å². The van der Waals surface area contributed by atoms with Crippen LogP contribution >= 0.6 is 11.3 Å². The zero-order valence-corrected chi connectivity index (χ0v) is 18.5. The SMILES string of the molecule is CN(C(=O)C[C@@H](N)c1csc(CN)n1)C1CN=C(NC(N)=O)NC1=O.O=S(=O)(O)C(F)(F)F. The van der Waals surface area contributed by atoms with Crippen molar-refractivity contribution in [1.29, 1.82) is 0 Å². The third-order valence-corrected chi connectivity index (χ3v) is 5.35. The molecule has 0 radical (unpaired) electrons. The molecule has 2 rings (SSSR count). The molecule has 4 amide bonds. The summed E-state index contributed by atoms with van der Waals surface area (Å²) in [7, 11) is -4.35. The minimum absolute atomic E-state index is 0.00689. The van der Waals surface area contributed by atoms with Crippen LogP contribution in [0.5, 0.6) is 0 Å². The molecule has 0 aromatic carbocycles. The van der Waals surface area contributed by atoms with Crippen LogP contribution in [0.4, 0.5) is 18.0 Å². The Labute approximate surface area is 189 Å². The van der Waals surface area contributed by atoms with Crippen LogP contribution in [0, 0.1) is 0 Å². The summed E-state index contributed by atoms with van der Waals surface area (Å²) in [4.78, 5) is 44.8. The fraction of sp³-hybridized carbons (Fsp3) is 0.500. The Kier molecular flexibility index (Phi) is 9.66. The van der Waals surface area contributed by atoms with Crippen molar-refractivity contribution in [3.63, 3.8) is 0 Å². The third kappa shape index (κ3) is 8.53. The summed E-state index contributed by atoms with van der Waals surface area (Å²) in [5, 5.41) is 7.06. The Morgan fingerprint density at radius 1 is 1.45 bits per heavy atom. The standard InChI is InChI=1S/C13H20N8O3S.CHF3O3S/c1-21(8-4-17-13(19-11(8)23)20-12(16)24)10(22)2-6(15)7-5-25-9(3-14)18-7;2-1(3,4)8(5,6)7/h5-6,8H,2-4,14-15H2,1H3,(H4,16,17,19,20,23,24);(H,5,6,7)/t6-,8?;/m1./s1. The first-order chi connectivity index (χ1) is 15.1. The van der Waals surface area contributed by atoms with Crippen LogP contribution in [-0.4, -0.2) is 71.8 Å². The van der Waals surface area contributed by atoms with Crippen molar-refractivity contribution in [2.24, 2.45) is 22.2 Å². The lowest BCUT2D eigenvalue weighted by Gasteiger charge is -2.29. The van der Waals surface area contributed by atoms with E-state index in [0.29, 0.717) is 12.2 Å². The third-order valence-electron chi connectivity index (χ3n) is 3.88. The molecule has 33 heavy (non-hydrogen) atoms. The molecule has 186 valence electrons. The Hall–Kier alpha value is -2.87. The lowest BCUT2D eigenvalue weighted by Crippen LogP contribution is -2.58. The molecule has 0 saturated carbocycles. The van der Waals surface area contributed by atoms with Gasteiger partial charge in [0.25, 0.3) is 5.91 Å². The second-order valence-electron chi connectivity index (χ2n) is 6.29. The van der Waals surface area contributed by atoms with E-state index in [4.69, 9.17) is 30.2 Å². The number of amides is 4. The van der Waals surface area contributed by atoms with Crippen LogP contribution in [0.3, 0.4) is 0 Å². The van der Waals surface area contributed by atoms with Gasteiger partial charge in [0.15, 0.2) is 0 Å². The molecule has 0 aliphatic carbocycles. The van der Waals surface area contributed by atoms with Crippen LogP contribution in [0.1, 0.15) is 23.2 Å². The predicted molar refractivity (Wildman–Crippen MR) is 109 cm³/mol. The van der Waals surface area contributed by atoms with Crippen molar-refractivity contribution in [1.82, 2.24) is 20.5 Å². The van der Waals surface area contributed by atoms with E-state index in [1.165, 1.54) is 23.3 Å². The Morgan fingerprint density at radius 2 is 2.03 bits per heavy atom. The van der Waals surface area contributed by atoms with Crippen LogP contribution in [-0.2, 0) is 26.3 Å². The molecular weight excluding hydrogens is 497 g/mol. The molecular formula is C14H21F3N8O6S2. The minimum Gasteiger partial charge on any atom is -0.351 e. The molecule has 2 heterocycles. The van der Waals surface area contributed by atoms with E-state index in [1.807, 2.05) is 0 Å². The van der Waals surface area contributed by atoms with Gasteiger partial charge >= 0.3 is 21.7 Å². The highest BCUT2D eigenvalue weighted by Crippen LogP contribution is 2.20. The molecule has 0 bridgehead atoms. The summed E-state index contributed by atoms with van der Waals surface area (Å²) < 4.78 is 57.5.